The number of fused-ring (bicyclic) bond motifs is 1. The molecule has 0 aromatic carbocycles. The van der Waals surface area contributed by atoms with E-state index >= 15 is 0 Å². The summed E-state index contributed by atoms with van der Waals surface area (Å²) in [6.45, 7) is 13.3. The molecule has 2 unspecified atom stereocenters. The summed E-state index contributed by atoms with van der Waals surface area (Å²) in [5.74, 6) is 0.335. The molecule has 7 nitrogen and oxygen atoms in total. The van der Waals surface area contributed by atoms with Crippen LogP contribution in [0.25, 0.3) is 11.2 Å². The molecule has 0 spiro atoms. The molecule has 180 valence electrons. The van der Waals surface area contributed by atoms with Crippen molar-refractivity contribution in [3.05, 3.63) is 28.3 Å². The first-order chi connectivity index (χ1) is 14.7. The summed E-state index contributed by atoms with van der Waals surface area (Å²) >= 11 is 0. The Morgan fingerprint density at radius 1 is 1.25 bits per heavy atom. The van der Waals surface area contributed by atoms with Crippen LogP contribution >= 0.6 is 0 Å². The number of imidazole rings is 1. The van der Waals surface area contributed by atoms with Crippen molar-refractivity contribution < 1.29 is 8.42 Å². The standard InChI is InChI=1S/C24H40N4O3S/c1-8-9-14-32(30,31)26-20-15-17(12-13-24(20,5)6)18-10-11-19-21(25-18)27(7)22(29)28(19)16-23(2,3)4/h10-11,17,20,26H,8-9,12-16H2,1-7H3. The third-order valence-corrected chi connectivity index (χ3v) is 8.21. The highest BCUT2D eigenvalue weighted by Gasteiger charge is 2.39. The Morgan fingerprint density at radius 2 is 1.94 bits per heavy atom. The number of aryl methyl sites for hydroxylation is 1. The predicted octanol–water partition coefficient (Wildman–Crippen LogP) is 4.16. The maximum Gasteiger partial charge on any atom is 0.330 e. The molecular formula is C24H40N4O3S. The van der Waals surface area contributed by atoms with Crippen LogP contribution in [0.4, 0.5) is 0 Å². The lowest BCUT2D eigenvalue weighted by Crippen LogP contribution is -2.49. The van der Waals surface area contributed by atoms with Gasteiger partial charge in [-0.1, -0.05) is 48.0 Å². The number of rotatable bonds is 7. The maximum atomic E-state index is 12.8. The third-order valence-electron chi connectivity index (χ3n) is 6.74. The van der Waals surface area contributed by atoms with Crippen LogP contribution in [0.5, 0.6) is 0 Å². The van der Waals surface area contributed by atoms with Gasteiger partial charge in [0.1, 0.15) is 0 Å². The van der Waals surface area contributed by atoms with Gasteiger partial charge in [-0.15, -0.1) is 0 Å². The van der Waals surface area contributed by atoms with Gasteiger partial charge in [0.05, 0.1) is 11.3 Å². The zero-order valence-electron chi connectivity index (χ0n) is 20.7. The van der Waals surface area contributed by atoms with E-state index in [1.54, 1.807) is 16.2 Å². The molecule has 0 saturated heterocycles. The first-order valence-corrected chi connectivity index (χ1v) is 13.5. The second-order valence-corrected chi connectivity index (χ2v) is 13.2. The van der Waals surface area contributed by atoms with Gasteiger partial charge in [0.15, 0.2) is 5.65 Å². The largest absolute Gasteiger partial charge is 0.330 e. The molecule has 0 bridgehead atoms. The Balaban J connectivity index is 1.90. The summed E-state index contributed by atoms with van der Waals surface area (Å²) in [5.41, 5.74) is 2.31. The Hall–Kier alpha value is -1.67. The minimum atomic E-state index is -3.30. The van der Waals surface area contributed by atoms with E-state index in [-0.39, 0.29) is 34.2 Å². The highest BCUT2D eigenvalue weighted by atomic mass is 32.2. The summed E-state index contributed by atoms with van der Waals surface area (Å²) < 4.78 is 31.6. The molecule has 3 rings (SSSR count). The lowest BCUT2D eigenvalue weighted by Gasteiger charge is -2.42. The Bertz CT molecular complexity index is 1120. The molecule has 2 heterocycles. The smallest absolute Gasteiger partial charge is 0.290 e. The van der Waals surface area contributed by atoms with Crippen molar-refractivity contribution in [3.63, 3.8) is 0 Å². The number of aromatic nitrogens is 3. The molecule has 2 aromatic rings. The molecule has 1 N–H and O–H groups in total. The van der Waals surface area contributed by atoms with E-state index in [4.69, 9.17) is 4.98 Å². The molecule has 1 saturated carbocycles. The Kier molecular flexibility index (Phi) is 6.97. The van der Waals surface area contributed by atoms with Gasteiger partial charge in [-0.05, 0) is 48.6 Å². The first-order valence-electron chi connectivity index (χ1n) is 11.8. The van der Waals surface area contributed by atoms with Gasteiger partial charge >= 0.3 is 5.69 Å². The second-order valence-electron chi connectivity index (χ2n) is 11.4. The summed E-state index contributed by atoms with van der Waals surface area (Å²) in [7, 11) is -1.53. The van der Waals surface area contributed by atoms with Crippen LogP contribution in [-0.2, 0) is 23.6 Å². The quantitative estimate of drug-likeness (QED) is 0.666. The van der Waals surface area contributed by atoms with Crippen LogP contribution < -0.4 is 10.4 Å². The van der Waals surface area contributed by atoms with Gasteiger partial charge < -0.3 is 0 Å². The molecule has 8 heteroatoms. The average molecular weight is 465 g/mol. The summed E-state index contributed by atoms with van der Waals surface area (Å²) in [6.07, 6.45) is 4.12. The van der Waals surface area contributed by atoms with Crippen LogP contribution in [0, 0.1) is 10.8 Å². The number of pyridine rings is 1. The van der Waals surface area contributed by atoms with Crippen molar-refractivity contribution in [2.24, 2.45) is 17.9 Å². The fourth-order valence-electron chi connectivity index (χ4n) is 4.67. The highest BCUT2D eigenvalue weighted by Crippen LogP contribution is 2.42. The lowest BCUT2D eigenvalue weighted by molar-refractivity contribution is 0.170. The van der Waals surface area contributed by atoms with E-state index in [0.29, 0.717) is 25.0 Å². The maximum absolute atomic E-state index is 12.8. The molecule has 2 atom stereocenters. The van der Waals surface area contributed by atoms with Crippen molar-refractivity contribution >= 4 is 21.2 Å². The van der Waals surface area contributed by atoms with Crippen molar-refractivity contribution in [1.82, 2.24) is 18.8 Å². The van der Waals surface area contributed by atoms with Crippen LogP contribution in [0.2, 0.25) is 0 Å². The van der Waals surface area contributed by atoms with Crippen molar-refractivity contribution in [2.75, 3.05) is 5.75 Å². The highest BCUT2D eigenvalue weighted by molar-refractivity contribution is 7.89. The van der Waals surface area contributed by atoms with E-state index in [1.165, 1.54) is 0 Å². The molecule has 1 fully saturated rings. The van der Waals surface area contributed by atoms with Crippen molar-refractivity contribution in [3.8, 4) is 0 Å². The fraction of sp³-hybridized carbons (Fsp3) is 0.750. The predicted molar refractivity (Wildman–Crippen MR) is 130 cm³/mol. The molecule has 0 radical (unpaired) electrons. The topological polar surface area (TPSA) is 86.0 Å². The van der Waals surface area contributed by atoms with E-state index in [0.717, 1.165) is 30.5 Å². The molecule has 2 aromatic heterocycles. The van der Waals surface area contributed by atoms with Gasteiger partial charge in [-0.2, -0.15) is 0 Å². The minimum Gasteiger partial charge on any atom is -0.290 e. The number of hydrogen-bond donors (Lipinski definition) is 1. The lowest BCUT2D eigenvalue weighted by atomic mass is 9.69. The summed E-state index contributed by atoms with van der Waals surface area (Å²) in [6, 6.07) is 3.90. The van der Waals surface area contributed by atoms with Gasteiger partial charge in [0.25, 0.3) is 0 Å². The molecular weight excluding hydrogens is 424 g/mol. The fourth-order valence-corrected chi connectivity index (χ4v) is 6.31. The zero-order chi connectivity index (χ0) is 23.9. The Labute approximate surface area is 192 Å². The third kappa shape index (κ3) is 5.45. The van der Waals surface area contributed by atoms with Gasteiger partial charge in [-0.3, -0.25) is 9.13 Å². The average Bonchev–Trinajstić information content (AvgIpc) is 2.91. The SMILES string of the molecule is CCCCS(=O)(=O)NC1CC(c2ccc3c(n2)n(C)c(=O)n3CC(C)(C)C)CCC1(C)C. The van der Waals surface area contributed by atoms with E-state index in [9.17, 15) is 13.2 Å². The van der Waals surface area contributed by atoms with Gasteiger partial charge in [0.2, 0.25) is 10.0 Å². The molecule has 0 aliphatic heterocycles. The van der Waals surface area contributed by atoms with Gasteiger partial charge in [0, 0.05) is 31.2 Å². The van der Waals surface area contributed by atoms with E-state index < -0.39 is 10.0 Å². The molecule has 32 heavy (non-hydrogen) atoms. The van der Waals surface area contributed by atoms with Crippen molar-refractivity contribution in [1.29, 1.82) is 0 Å². The van der Waals surface area contributed by atoms with E-state index in [1.807, 2.05) is 19.1 Å². The van der Waals surface area contributed by atoms with Crippen LogP contribution in [0.3, 0.4) is 0 Å². The van der Waals surface area contributed by atoms with Crippen molar-refractivity contribution in [2.45, 2.75) is 92.2 Å². The van der Waals surface area contributed by atoms with Crippen LogP contribution in [0.1, 0.15) is 85.3 Å². The Morgan fingerprint density at radius 3 is 2.56 bits per heavy atom. The van der Waals surface area contributed by atoms with E-state index in [2.05, 4.69) is 39.3 Å². The molecule has 0 amide bonds. The molecule has 1 aliphatic carbocycles. The first kappa shape index (κ1) is 25.0. The second kappa shape index (κ2) is 8.93. The normalized spacial score (nSPS) is 21.8. The minimum absolute atomic E-state index is 0.0199. The number of nitrogens with one attached hydrogen (secondary N) is 1. The molecule has 1 aliphatic rings. The number of hydrogen-bond acceptors (Lipinski definition) is 4. The monoisotopic (exact) mass is 464 g/mol. The zero-order valence-corrected chi connectivity index (χ0v) is 21.6. The number of nitrogens with zero attached hydrogens (tertiary/aromatic N) is 3. The summed E-state index contributed by atoms with van der Waals surface area (Å²) in [4.78, 5) is 17.7. The number of sulfonamides is 1. The summed E-state index contributed by atoms with van der Waals surface area (Å²) in [5, 5.41) is 0. The van der Waals surface area contributed by atoms with Crippen LogP contribution in [-0.4, -0.2) is 34.3 Å². The van der Waals surface area contributed by atoms with Gasteiger partial charge in [-0.25, -0.2) is 22.9 Å². The van der Waals surface area contributed by atoms with Crippen LogP contribution in [0.15, 0.2) is 16.9 Å². The number of unbranched alkanes of at least 4 members (excludes halogenated alkanes) is 1.